The zero-order valence-electron chi connectivity index (χ0n) is 17.5. The van der Waals surface area contributed by atoms with Crippen LogP contribution in [0, 0.1) is 11.7 Å². The monoisotopic (exact) mass is 442 g/mol. The summed E-state index contributed by atoms with van der Waals surface area (Å²) in [7, 11) is 1.66. The third kappa shape index (κ3) is 3.83. The van der Waals surface area contributed by atoms with E-state index in [4.69, 9.17) is 10.5 Å². The molecule has 0 saturated carbocycles. The van der Waals surface area contributed by atoms with Crippen molar-refractivity contribution in [2.24, 2.45) is 11.7 Å². The molecular formula is C23H27FN4O2S. The number of benzene rings is 2. The van der Waals surface area contributed by atoms with Crippen molar-refractivity contribution in [3.8, 4) is 5.75 Å². The molecule has 3 N–H and O–H groups in total. The maximum Gasteiger partial charge on any atom is 0.237 e. The Hall–Kier alpha value is -2.45. The quantitative estimate of drug-likeness (QED) is 0.761. The Morgan fingerprint density at radius 1 is 1.16 bits per heavy atom. The first-order valence-corrected chi connectivity index (χ1v) is 11.6. The minimum Gasteiger partial charge on any atom is -0.497 e. The van der Waals surface area contributed by atoms with E-state index in [9.17, 15) is 9.18 Å². The van der Waals surface area contributed by atoms with Gasteiger partial charge in [0.05, 0.1) is 12.5 Å². The van der Waals surface area contributed by atoms with Crippen LogP contribution >= 0.6 is 11.8 Å². The molecule has 0 spiro atoms. The fourth-order valence-corrected chi connectivity index (χ4v) is 6.44. The normalized spacial score (nSPS) is 27.3. The van der Waals surface area contributed by atoms with Gasteiger partial charge in [-0.15, -0.1) is 11.8 Å². The molecule has 0 aliphatic carbocycles. The number of rotatable bonds is 3. The Morgan fingerprint density at radius 2 is 1.90 bits per heavy atom. The van der Waals surface area contributed by atoms with Crippen LogP contribution in [0.3, 0.4) is 0 Å². The van der Waals surface area contributed by atoms with E-state index in [1.807, 2.05) is 17.0 Å². The summed E-state index contributed by atoms with van der Waals surface area (Å²) in [5, 5.41) is 3.47. The molecule has 3 aliphatic rings. The number of carbonyl (C=O) groups is 1. The first-order valence-electron chi connectivity index (χ1n) is 10.7. The molecule has 0 aromatic heterocycles. The molecule has 4 unspecified atom stereocenters. The highest BCUT2D eigenvalue weighted by Crippen LogP contribution is 2.45. The van der Waals surface area contributed by atoms with E-state index < -0.39 is 0 Å². The van der Waals surface area contributed by atoms with Crippen molar-refractivity contribution in [3.05, 3.63) is 53.8 Å². The van der Waals surface area contributed by atoms with Gasteiger partial charge >= 0.3 is 0 Å². The van der Waals surface area contributed by atoms with Gasteiger partial charge in [0.15, 0.2) is 0 Å². The highest BCUT2D eigenvalue weighted by atomic mass is 32.2. The van der Waals surface area contributed by atoms with E-state index in [0.717, 1.165) is 36.6 Å². The summed E-state index contributed by atoms with van der Waals surface area (Å²) in [6, 6.07) is 12.4. The van der Waals surface area contributed by atoms with E-state index in [2.05, 4.69) is 16.3 Å². The molecule has 2 aromatic carbocycles. The number of carbonyl (C=O) groups excluding carboxylic acids is 1. The second-order valence-electron chi connectivity index (χ2n) is 8.38. The molecule has 164 valence electrons. The Kier molecular flexibility index (Phi) is 5.44. The van der Waals surface area contributed by atoms with E-state index in [0.29, 0.717) is 13.1 Å². The van der Waals surface area contributed by atoms with Gasteiger partial charge in [0.1, 0.15) is 16.8 Å². The van der Waals surface area contributed by atoms with Crippen molar-refractivity contribution in [2.75, 3.05) is 43.5 Å². The highest BCUT2D eigenvalue weighted by molar-refractivity contribution is 8.01. The van der Waals surface area contributed by atoms with Crippen LogP contribution in [0.5, 0.6) is 5.75 Å². The van der Waals surface area contributed by atoms with Gasteiger partial charge in [-0.3, -0.25) is 4.79 Å². The van der Waals surface area contributed by atoms with Gasteiger partial charge < -0.3 is 25.6 Å². The number of nitrogens with one attached hydrogen (secondary N) is 1. The lowest BCUT2D eigenvalue weighted by Gasteiger charge is -2.37. The molecule has 1 amide bonds. The average molecular weight is 443 g/mol. The number of nitrogens with zero attached hydrogens (tertiary/aromatic N) is 2. The number of hydrogen-bond acceptors (Lipinski definition) is 6. The van der Waals surface area contributed by atoms with Crippen molar-refractivity contribution in [3.63, 3.8) is 0 Å². The molecule has 0 bridgehead atoms. The summed E-state index contributed by atoms with van der Waals surface area (Å²) in [5.74, 6) is 0.943. The van der Waals surface area contributed by atoms with Crippen molar-refractivity contribution < 1.29 is 13.9 Å². The summed E-state index contributed by atoms with van der Waals surface area (Å²) in [6.07, 6.45) is 0.868. The summed E-state index contributed by atoms with van der Waals surface area (Å²) in [5.41, 5.74) is 9.89. The van der Waals surface area contributed by atoms with Gasteiger partial charge in [0.2, 0.25) is 5.91 Å². The first kappa shape index (κ1) is 20.5. The van der Waals surface area contributed by atoms with Gasteiger partial charge in [0, 0.05) is 55.6 Å². The minimum absolute atomic E-state index is 0.129. The number of halogens is 1. The summed E-state index contributed by atoms with van der Waals surface area (Å²) in [4.78, 5) is 17.5. The minimum atomic E-state index is -0.240. The lowest BCUT2D eigenvalue weighted by Crippen LogP contribution is -2.54. The molecule has 31 heavy (non-hydrogen) atoms. The van der Waals surface area contributed by atoms with E-state index in [1.54, 1.807) is 31.0 Å². The second kappa shape index (κ2) is 8.24. The summed E-state index contributed by atoms with van der Waals surface area (Å²) in [6.45, 7) is 2.78. The molecule has 6 nitrogen and oxygen atoms in total. The van der Waals surface area contributed by atoms with Gasteiger partial charge in [0.25, 0.3) is 0 Å². The molecule has 2 aromatic rings. The number of fused-ring (bicyclic) bond motifs is 2. The molecular weight excluding hydrogens is 415 g/mol. The number of nitrogens with two attached hydrogens (primary N) is 1. The van der Waals surface area contributed by atoms with E-state index in [1.165, 1.54) is 17.7 Å². The highest BCUT2D eigenvalue weighted by Gasteiger charge is 2.48. The van der Waals surface area contributed by atoms with Crippen LogP contribution in [0.4, 0.5) is 15.8 Å². The number of ether oxygens (including phenoxy) is 1. The number of anilines is 2. The number of thioether (sulfide) groups is 1. The van der Waals surface area contributed by atoms with E-state index >= 15 is 0 Å². The number of methoxy groups -OCH3 is 1. The van der Waals surface area contributed by atoms with Crippen LogP contribution in [0.25, 0.3) is 0 Å². The Balaban J connectivity index is 1.23. The van der Waals surface area contributed by atoms with Crippen molar-refractivity contribution >= 4 is 29.0 Å². The predicted octanol–water partition coefficient (Wildman–Crippen LogP) is 2.54. The predicted molar refractivity (Wildman–Crippen MR) is 122 cm³/mol. The zero-order chi connectivity index (χ0) is 21.5. The molecule has 0 radical (unpaired) electrons. The Morgan fingerprint density at radius 3 is 2.61 bits per heavy atom. The van der Waals surface area contributed by atoms with Crippen molar-refractivity contribution in [1.29, 1.82) is 0 Å². The summed E-state index contributed by atoms with van der Waals surface area (Å²) < 4.78 is 18.5. The Bertz CT molecular complexity index is 965. The fraction of sp³-hybridized carbons (Fsp3) is 0.435. The van der Waals surface area contributed by atoms with Crippen LogP contribution in [0.1, 0.15) is 5.56 Å². The first-order chi connectivity index (χ1) is 15.0. The van der Waals surface area contributed by atoms with Crippen molar-refractivity contribution in [2.45, 2.75) is 23.1 Å². The molecule has 4 atom stereocenters. The number of hydrogen-bond donors (Lipinski definition) is 2. The molecule has 2 saturated heterocycles. The number of piperazine rings is 1. The van der Waals surface area contributed by atoms with Crippen LogP contribution < -0.4 is 20.7 Å². The standard InChI is InChI=1S/C23H27FN4O2S/c1-30-17-7-2-14-12-18-20(25)21(31-22(18)26-19(14)13-17)23(29)28-10-8-27(9-11-28)16-5-3-15(24)4-6-16/h2-7,13,18,20-22,26H,8-12,25H2,1H3. The van der Waals surface area contributed by atoms with Gasteiger partial charge in [-0.25, -0.2) is 4.39 Å². The fourth-order valence-electron chi connectivity index (χ4n) is 4.80. The number of amides is 1. The maximum absolute atomic E-state index is 13.3. The lowest BCUT2D eigenvalue weighted by molar-refractivity contribution is -0.131. The largest absolute Gasteiger partial charge is 0.497 e. The maximum atomic E-state index is 13.3. The third-order valence-corrected chi connectivity index (χ3v) is 8.19. The lowest BCUT2D eigenvalue weighted by atomic mass is 9.87. The van der Waals surface area contributed by atoms with Gasteiger partial charge in [-0.05, 0) is 42.3 Å². The molecule has 8 heteroatoms. The molecule has 3 aliphatic heterocycles. The van der Waals surface area contributed by atoms with Gasteiger partial charge in [-0.2, -0.15) is 0 Å². The smallest absolute Gasteiger partial charge is 0.237 e. The van der Waals surface area contributed by atoms with Gasteiger partial charge in [-0.1, -0.05) is 6.07 Å². The van der Waals surface area contributed by atoms with Crippen LogP contribution in [0.2, 0.25) is 0 Å². The zero-order valence-corrected chi connectivity index (χ0v) is 18.3. The average Bonchev–Trinajstić information content (AvgIpc) is 3.12. The van der Waals surface area contributed by atoms with Crippen molar-refractivity contribution in [1.82, 2.24) is 4.90 Å². The van der Waals surface area contributed by atoms with E-state index in [-0.39, 0.29) is 34.3 Å². The second-order valence-corrected chi connectivity index (χ2v) is 9.67. The van der Waals surface area contributed by atoms with Crippen LogP contribution in [-0.4, -0.2) is 60.8 Å². The Labute approximate surface area is 185 Å². The van der Waals surface area contributed by atoms with Crippen LogP contribution in [-0.2, 0) is 11.2 Å². The third-order valence-electron chi connectivity index (χ3n) is 6.62. The SMILES string of the molecule is COc1ccc2c(c1)NC1SC(C(=O)N3CCN(c4ccc(F)cc4)CC3)C(N)C1C2. The summed E-state index contributed by atoms with van der Waals surface area (Å²) >= 11 is 1.66. The molecule has 5 rings (SSSR count). The topological polar surface area (TPSA) is 70.8 Å². The molecule has 3 heterocycles. The van der Waals surface area contributed by atoms with Crippen LogP contribution in [0.15, 0.2) is 42.5 Å². The molecule has 2 fully saturated rings.